The molecule has 2 N–H and O–H groups in total. The lowest BCUT2D eigenvalue weighted by Crippen LogP contribution is -2.48. The summed E-state index contributed by atoms with van der Waals surface area (Å²) in [6, 6.07) is 0.883. The van der Waals surface area contributed by atoms with Gasteiger partial charge in [0.05, 0.1) is 6.10 Å². The molecule has 3 heteroatoms. The fourth-order valence-corrected chi connectivity index (χ4v) is 3.24. The van der Waals surface area contributed by atoms with Gasteiger partial charge in [0.2, 0.25) is 0 Å². The highest BCUT2D eigenvalue weighted by Gasteiger charge is 2.24. The van der Waals surface area contributed by atoms with E-state index in [2.05, 4.69) is 12.2 Å². The second-order valence-corrected chi connectivity index (χ2v) is 6.87. The van der Waals surface area contributed by atoms with Crippen molar-refractivity contribution in [2.45, 2.75) is 109 Å². The molecule has 124 valence electrons. The van der Waals surface area contributed by atoms with Gasteiger partial charge in [-0.05, 0) is 39.5 Å². The first-order valence-corrected chi connectivity index (χ1v) is 9.03. The van der Waals surface area contributed by atoms with Gasteiger partial charge in [-0.15, -0.1) is 0 Å². The standard InChI is InChI=1S/C18H35NO2/c1-15(20)11-9-7-5-3-4-6-8-10-12-17-13-14-18(21)16(2)19-17/h16-19,21H,3-14H2,1-2H3/t16-,17+,18+/m0/s1. The van der Waals surface area contributed by atoms with E-state index in [-0.39, 0.29) is 12.1 Å². The van der Waals surface area contributed by atoms with Gasteiger partial charge in [-0.1, -0.05) is 44.9 Å². The van der Waals surface area contributed by atoms with Gasteiger partial charge in [0.25, 0.3) is 0 Å². The van der Waals surface area contributed by atoms with E-state index in [0.29, 0.717) is 11.8 Å². The summed E-state index contributed by atoms with van der Waals surface area (Å²) in [6.07, 6.45) is 14.2. The number of unbranched alkanes of at least 4 members (excludes halogenated alkanes) is 7. The van der Waals surface area contributed by atoms with Crippen molar-refractivity contribution in [3.05, 3.63) is 0 Å². The molecular formula is C18H35NO2. The van der Waals surface area contributed by atoms with Gasteiger partial charge in [0.1, 0.15) is 5.78 Å². The molecule has 1 saturated heterocycles. The number of carbonyl (C=O) groups is 1. The molecule has 1 rings (SSSR count). The van der Waals surface area contributed by atoms with Crippen molar-refractivity contribution in [1.82, 2.24) is 5.32 Å². The second-order valence-electron chi connectivity index (χ2n) is 6.87. The number of hydrogen-bond acceptors (Lipinski definition) is 3. The Bertz CT molecular complexity index is 280. The van der Waals surface area contributed by atoms with Gasteiger partial charge in [-0.3, -0.25) is 0 Å². The molecule has 0 amide bonds. The zero-order valence-corrected chi connectivity index (χ0v) is 14.1. The summed E-state index contributed by atoms with van der Waals surface area (Å²) < 4.78 is 0. The van der Waals surface area contributed by atoms with Crippen LogP contribution in [0.2, 0.25) is 0 Å². The predicted molar refractivity (Wildman–Crippen MR) is 88.5 cm³/mol. The van der Waals surface area contributed by atoms with Crippen molar-refractivity contribution in [2.75, 3.05) is 0 Å². The van der Waals surface area contributed by atoms with E-state index in [1.807, 2.05) is 0 Å². The lowest BCUT2D eigenvalue weighted by atomic mass is 9.93. The minimum Gasteiger partial charge on any atom is -0.392 e. The van der Waals surface area contributed by atoms with Crippen LogP contribution in [0.15, 0.2) is 0 Å². The van der Waals surface area contributed by atoms with Crippen LogP contribution in [0.3, 0.4) is 0 Å². The van der Waals surface area contributed by atoms with Crippen molar-refractivity contribution in [1.29, 1.82) is 0 Å². The Balaban J connectivity index is 1.83. The average Bonchev–Trinajstić information content (AvgIpc) is 2.44. The first-order valence-electron chi connectivity index (χ1n) is 9.03. The minimum atomic E-state index is -0.149. The normalized spacial score (nSPS) is 26.0. The molecule has 1 heterocycles. The van der Waals surface area contributed by atoms with Crippen LogP contribution < -0.4 is 5.32 Å². The third-order valence-corrected chi connectivity index (χ3v) is 4.72. The van der Waals surface area contributed by atoms with Gasteiger partial charge in [-0.25, -0.2) is 0 Å². The zero-order chi connectivity index (χ0) is 15.5. The smallest absolute Gasteiger partial charge is 0.129 e. The molecule has 0 aromatic rings. The number of hydrogen-bond donors (Lipinski definition) is 2. The van der Waals surface area contributed by atoms with Crippen LogP contribution in [0.5, 0.6) is 0 Å². The molecule has 1 aliphatic heterocycles. The summed E-state index contributed by atoms with van der Waals surface area (Å²) in [6.45, 7) is 3.77. The third-order valence-electron chi connectivity index (χ3n) is 4.72. The lowest BCUT2D eigenvalue weighted by Gasteiger charge is -2.32. The Morgan fingerprint density at radius 3 is 2.14 bits per heavy atom. The Hall–Kier alpha value is -0.410. The summed E-state index contributed by atoms with van der Waals surface area (Å²) in [5.74, 6) is 0.327. The lowest BCUT2D eigenvalue weighted by molar-refractivity contribution is -0.117. The molecule has 1 aliphatic rings. The number of nitrogens with one attached hydrogen (secondary N) is 1. The fourth-order valence-electron chi connectivity index (χ4n) is 3.24. The van der Waals surface area contributed by atoms with Gasteiger partial charge < -0.3 is 15.2 Å². The molecule has 21 heavy (non-hydrogen) atoms. The highest BCUT2D eigenvalue weighted by Crippen LogP contribution is 2.18. The summed E-state index contributed by atoms with van der Waals surface area (Å²) in [4.78, 5) is 10.8. The average molecular weight is 297 g/mol. The number of carbonyl (C=O) groups excluding carboxylic acids is 1. The van der Waals surface area contributed by atoms with Crippen molar-refractivity contribution < 1.29 is 9.90 Å². The Morgan fingerprint density at radius 1 is 1.00 bits per heavy atom. The SMILES string of the molecule is CC(=O)CCCCCCCCCC[C@@H]1CC[C@@H](O)[C@H](C)N1. The van der Waals surface area contributed by atoms with Crippen molar-refractivity contribution >= 4 is 5.78 Å². The predicted octanol–water partition coefficient (Wildman–Crippen LogP) is 3.98. The van der Waals surface area contributed by atoms with Crippen LogP contribution in [0.4, 0.5) is 0 Å². The number of aliphatic hydroxyl groups excluding tert-OH is 1. The van der Waals surface area contributed by atoms with Crippen LogP contribution in [-0.2, 0) is 4.79 Å². The maximum absolute atomic E-state index is 10.8. The van der Waals surface area contributed by atoms with Crippen LogP contribution in [0.1, 0.15) is 90.9 Å². The Kier molecular flexibility index (Phi) is 9.94. The molecule has 1 fully saturated rings. The molecular weight excluding hydrogens is 262 g/mol. The quantitative estimate of drug-likeness (QED) is 0.567. The summed E-state index contributed by atoms with van der Waals surface area (Å²) in [7, 11) is 0. The van der Waals surface area contributed by atoms with E-state index in [9.17, 15) is 9.90 Å². The molecule has 0 spiro atoms. The maximum Gasteiger partial charge on any atom is 0.129 e. The summed E-state index contributed by atoms with van der Waals surface area (Å²) >= 11 is 0. The first-order chi connectivity index (χ1) is 10.1. The van der Waals surface area contributed by atoms with E-state index in [1.165, 1.54) is 51.4 Å². The van der Waals surface area contributed by atoms with Gasteiger partial charge in [0, 0.05) is 18.5 Å². The maximum atomic E-state index is 10.8. The van der Waals surface area contributed by atoms with Crippen LogP contribution in [0, 0.1) is 0 Å². The number of Topliss-reactive ketones (excluding diaryl/α,β-unsaturated/α-hetero) is 1. The van der Waals surface area contributed by atoms with E-state index >= 15 is 0 Å². The van der Waals surface area contributed by atoms with E-state index in [1.54, 1.807) is 6.92 Å². The third kappa shape index (κ3) is 9.26. The van der Waals surface area contributed by atoms with E-state index in [0.717, 1.165) is 25.7 Å². The largest absolute Gasteiger partial charge is 0.392 e. The first kappa shape index (κ1) is 18.6. The number of rotatable bonds is 11. The van der Waals surface area contributed by atoms with E-state index < -0.39 is 0 Å². The van der Waals surface area contributed by atoms with Crippen LogP contribution in [0.25, 0.3) is 0 Å². The van der Waals surface area contributed by atoms with Crippen molar-refractivity contribution in [3.8, 4) is 0 Å². The fraction of sp³-hybridized carbons (Fsp3) is 0.944. The minimum absolute atomic E-state index is 0.149. The van der Waals surface area contributed by atoms with Gasteiger partial charge in [0.15, 0.2) is 0 Å². The van der Waals surface area contributed by atoms with Gasteiger partial charge >= 0.3 is 0 Å². The summed E-state index contributed by atoms with van der Waals surface area (Å²) in [5.41, 5.74) is 0. The monoisotopic (exact) mass is 297 g/mol. The Labute approximate surface area is 130 Å². The molecule has 0 radical (unpaired) electrons. The molecule has 0 aliphatic carbocycles. The van der Waals surface area contributed by atoms with E-state index in [4.69, 9.17) is 0 Å². The second kappa shape index (κ2) is 11.2. The Morgan fingerprint density at radius 2 is 1.57 bits per heavy atom. The molecule has 0 bridgehead atoms. The van der Waals surface area contributed by atoms with Crippen molar-refractivity contribution in [2.24, 2.45) is 0 Å². The topological polar surface area (TPSA) is 49.3 Å². The molecule has 0 unspecified atom stereocenters. The van der Waals surface area contributed by atoms with Crippen molar-refractivity contribution in [3.63, 3.8) is 0 Å². The molecule has 3 atom stereocenters. The molecule has 0 aromatic heterocycles. The number of aliphatic hydroxyl groups is 1. The van der Waals surface area contributed by atoms with Gasteiger partial charge in [-0.2, -0.15) is 0 Å². The van der Waals surface area contributed by atoms with Crippen LogP contribution in [-0.4, -0.2) is 29.1 Å². The summed E-state index contributed by atoms with van der Waals surface area (Å²) in [5, 5.41) is 13.2. The zero-order valence-electron chi connectivity index (χ0n) is 14.1. The number of piperidine rings is 1. The highest BCUT2D eigenvalue weighted by molar-refractivity contribution is 5.75. The molecule has 0 saturated carbocycles. The molecule has 0 aromatic carbocycles. The highest BCUT2D eigenvalue weighted by atomic mass is 16.3. The number of ketones is 1. The van der Waals surface area contributed by atoms with Crippen LogP contribution >= 0.6 is 0 Å². The molecule has 3 nitrogen and oxygen atoms in total.